The summed E-state index contributed by atoms with van der Waals surface area (Å²) < 4.78 is 0. The molecule has 118 valence electrons. The molecule has 2 rings (SSSR count). The van der Waals surface area contributed by atoms with Gasteiger partial charge in [0.15, 0.2) is 0 Å². The Bertz CT molecular complexity index is 666. The third-order valence-corrected chi connectivity index (χ3v) is 3.37. The molecule has 2 N–H and O–H groups in total. The highest BCUT2D eigenvalue weighted by atomic mass is 16.2. The van der Waals surface area contributed by atoms with Crippen molar-refractivity contribution in [3.63, 3.8) is 0 Å². The summed E-state index contributed by atoms with van der Waals surface area (Å²) in [5, 5.41) is 0. The van der Waals surface area contributed by atoms with Crippen LogP contribution in [-0.2, 0) is 16.1 Å². The van der Waals surface area contributed by atoms with E-state index in [0.29, 0.717) is 13.1 Å². The summed E-state index contributed by atoms with van der Waals surface area (Å²) in [5.74, 6) is -0.554. The number of hydrogen-bond donors (Lipinski definition) is 1. The van der Waals surface area contributed by atoms with E-state index in [-0.39, 0.29) is 12.3 Å². The minimum absolute atomic E-state index is 0.140. The van der Waals surface area contributed by atoms with Crippen molar-refractivity contribution in [1.29, 1.82) is 0 Å². The minimum Gasteiger partial charge on any atom is -0.370 e. The number of amides is 2. The first-order valence-corrected chi connectivity index (χ1v) is 7.49. The van der Waals surface area contributed by atoms with E-state index in [9.17, 15) is 9.59 Å². The fourth-order valence-electron chi connectivity index (χ4n) is 2.15. The molecule has 2 amide bonds. The van der Waals surface area contributed by atoms with Gasteiger partial charge in [-0.3, -0.25) is 9.59 Å². The van der Waals surface area contributed by atoms with Gasteiger partial charge in [0.25, 0.3) is 0 Å². The molecule has 0 atom stereocenters. The molecular weight excluding hydrogens is 288 g/mol. The van der Waals surface area contributed by atoms with E-state index in [1.807, 2.05) is 60.7 Å². The minimum atomic E-state index is -0.414. The molecule has 0 aromatic heterocycles. The highest BCUT2D eigenvalue weighted by molar-refractivity contribution is 5.92. The van der Waals surface area contributed by atoms with E-state index in [4.69, 9.17) is 5.73 Å². The van der Waals surface area contributed by atoms with Crippen LogP contribution in [0.4, 0.5) is 0 Å². The van der Waals surface area contributed by atoms with Gasteiger partial charge in [0.05, 0.1) is 0 Å². The molecule has 2 aromatic rings. The van der Waals surface area contributed by atoms with Crippen LogP contribution in [0, 0.1) is 0 Å². The summed E-state index contributed by atoms with van der Waals surface area (Å²) in [6.07, 6.45) is 3.45. The maximum Gasteiger partial charge on any atom is 0.246 e. The third-order valence-electron chi connectivity index (χ3n) is 3.37. The Hall–Kier alpha value is -2.88. The predicted molar refractivity (Wildman–Crippen MR) is 91.1 cm³/mol. The number of nitrogens with zero attached hydrogens (tertiary/aromatic N) is 1. The molecule has 2 aromatic carbocycles. The van der Waals surface area contributed by atoms with Crippen LogP contribution >= 0.6 is 0 Å². The maximum absolute atomic E-state index is 12.4. The normalized spacial score (nSPS) is 10.6. The van der Waals surface area contributed by atoms with Gasteiger partial charge >= 0.3 is 0 Å². The molecule has 0 aliphatic heterocycles. The summed E-state index contributed by atoms with van der Waals surface area (Å²) in [6, 6.07) is 19.3. The Balaban J connectivity index is 2.07. The second-order valence-corrected chi connectivity index (χ2v) is 5.21. The Labute approximate surface area is 136 Å². The van der Waals surface area contributed by atoms with Gasteiger partial charge in [0.2, 0.25) is 11.8 Å². The zero-order valence-electron chi connectivity index (χ0n) is 12.9. The number of nitrogens with two attached hydrogens (primary N) is 1. The van der Waals surface area contributed by atoms with Crippen molar-refractivity contribution < 1.29 is 9.59 Å². The van der Waals surface area contributed by atoms with Crippen LogP contribution in [0.3, 0.4) is 0 Å². The molecule has 0 bridgehead atoms. The van der Waals surface area contributed by atoms with Gasteiger partial charge in [-0.15, -0.1) is 0 Å². The highest BCUT2D eigenvalue weighted by Gasteiger charge is 2.12. The molecule has 4 nitrogen and oxygen atoms in total. The van der Waals surface area contributed by atoms with Gasteiger partial charge in [-0.2, -0.15) is 0 Å². The zero-order valence-corrected chi connectivity index (χ0v) is 12.9. The maximum atomic E-state index is 12.4. The third kappa shape index (κ3) is 5.79. The molecule has 0 aliphatic carbocycles. The van der Waals surface area contributed by atoms with Gasteiger partial charge in [-0.25, -0.2) is 0 Å². The van der Waals surface area contributed by atoms with Gasteiger partial charge in [-0.1, -0.05) is 60.7 Å². The van der Waals surface area contributed by atoms with E-state index in [1.165, 1.54) is 6.08 Å². The number of hydrogen-bond acceptors (Lipinski definition) is 2. The van der Waals surface area contributed by atoms with Crippen molar-refractivity contribution in [3.05, 3.63) is 77.9 Å². The molecular formula is C19H20N2O2. The Morgan fingerprint density at radius 3 is 2.17 bits per heavy atom. The summed E-state index contributed by atoms with van der Waals surface area (Å²) >= 11 is 0. The van der Waals surface area contributed by atoms with Crippen molar-refractivity contribution in [2.75, 3.05) is 6.54 Å². The molecule has 0 fully saturated rings. The molecule has 0 saturated heterocycles. The molecule has 0 unspecified atom stereocenters. The number of primary amides is 1. The van der Waals surface area contributed by atoms with E-state index in [0.717, 1.165) is 11.1 Å². The molecule has 0 radical (unpaired) electrons. The lowest BCUT2D eigenvalue weighted by Gasteiger charge is -2.20. The van der Waals surface area contributed by atoms with Crippen LogP contribution in [0.1, 0.15) is 17.5 Å². The lowest BCUT2D eigenvalue weighted by molar-refractivity contribution is -0.127. The van der Waals surface area contributed by atoms with Crippen LogP contribution in [0.15, 0.2) is 66.7 Å². The lowest BCUT2D eigenvalue weighted by Crippen LogP contribution is -2.32. The Kier molecular flexibility index (Phi) is 6.12. The van der Waals surface area contributed by atoms with Crippen molar-refractivity contribution in [2.45, 2.75) is 13.0 Å². The first-order chi connectivity index (χ1) is 11.1. The monoisotopic (exact) mass is 308 g/mol. The molecule has 4 heteroatoms. The second-order valence-electron chi connectivity index (χ2n) is 5.21. The lowest BCUT2D eigenvalue weighted by atomic mass is 10.2. The summed E-state index contributed by atoms with van der Waals surface area (Å²) in [6.45, 7) is 0.758. The van der Waals surface area contributed by atoms with Crippen molar-refractivity contribution in [3.8, 4) is 0 Å². The topological polar surface area (TPSA) is 63.4 Å². The van der Waals surface area contributed by atoms with Crippen LogP contribution in [-0.4, -0.2) is 23.3 Å². The molecule has 0 saturated carbocycles. The molecule has 0 spiro atoms. The zero-order chi connectivity index (χ0) is 16.5. The van der Waals surface area contributed by atoms with E-state index < -0.39 is 5.91 Å². The summed E-state index contributed by atoms with van der Waals surface area (Å²) in [4.78, 5) is 25.1. The molecule has 0 aliphatic rings. The first kappa shape index (κ1) is 16.5. The largest absolute Gasteiger partial charge is 0.370 e. The van der Waals surface area contributed by atoms with Gasteiger partial charge < -0.3 is 10.6 Å². The number of rotatable bonds is 7. The second kappa shape index (κ2) is 8.54. The number of carbonyl (C=O) groups excluding carboxylic acids is 2. The van der Waals surface area contributed by atoms with Gasteiger partial charge in [-0.05, 0) is 17.2 Å². The number of benzene rings is 2. The van der Waals surface area contributed by atoms with Crippen LogP contribution in [0.5, 0.6) is 0 Å². The summed E-state index contributed by atoms with van der Waals surface area (Å²) in [5.41, 5.74) is 7.17. The average molecular weight is 308 g/mol. The van der Waals surface area contributed by atoms with E-state index >= 15 is 0 Å². The standard InChI is InChI=1S/C19H20N2O2/c20-18(22)13-14-21(15-17-9-5-2-6-10-17)19(23)12-11-16-7-3-1-4-8-16/h1-12H,13-15H2,(H2,20,22)/b12-11-. The van der Waals surface area contributed by atoms with Crippen molar-refractivity contribution >= 4 is 17.9 Å². The van der Waals surface area contributed by atoms with Crippen LogP contribution < -0.4 is 5.73 Å². The van der Waals surface area contributed by atoms with Crippen molar-refractivity contribution in [1.82, 2.24) is 4.90 Å². The first-order valence-electron chi connectivity index (χ1n) is 7.49. The predicted octanol–water partition coefficient (Wildman–Crippen LogP) is 2.60. The van der Waals surface area contributed by atoms with Crippen LogP contribution in [0.2, 0.25) is 0 Å². The van der Waals surface area contributed by atoms with E-state index in [2.05, 4.69) is 0 Å². The highest BCUT2D eigenvalue weighted by Crippen LogP contribution is 2.08. The number of carbonyl (C=O) groups is 2. The fraction of sp³-hybridized carbons (Fsp3) is 0.158. The smallest absolute Gasteiger partial charge is 0.246 e. The van der Waals surface area contributed by atoms with E-state index in [1.54, 1.807) is 11.0 Å². The SMILES string of the molecule is NC(=O)CCN(Cc1ccccc1)C(=O)/C=C\c1ccccc1. The van der Waals surface area contributed by atoms with Crippen molar-refractivity contribution in [2.24, 2.45) is 5.73 Å². The summed E-state index contributed by atoms with van der Waals surface area (Å²) in [7, 11) is 0. The fourth-order valence-corrected chi connectivity index (χ4v) is 2.15. The average Bonchev–Trinajstić information content (AvgIpc) is 2.58. The Morgan fingerprint density at radius 2 is 1.57 bits per heavy atom. The Morgan fingerprint density at radius 1 is 0.957 bits per heavy atom. The van der Waals surface area contributed by atoms with Gasteiger partial charge in [0.1, 0.15) is 0 Å². The quantitative estimate of drug-likeness (QED) is 0.799. The molecule has 0 heterocycles. The molecule has 23 heavy (non-hydrogen) atoms. The van der Waals surface area contributed by atoms with Gasteiger partial charge in [0, 0.05) is 25.6 Å². The van der Waals surface area contributed by atoms with Crippen LogP contribution in [0.25, 0.3) is 6.08 Å².